The molecule has 2 rings (SSSR count). The molecule has 1 saturated heterocycles. The van der Waals surface area contributed by atoms with Gasteiger partial charge in [0.25, 0.3) is 5.91 Å². The topological polar surface area (TPSA) is 367 Å². The number of aliphatic hydroxyl groups excluding tert-OH is 3. The Bertz CT molecular complexity index is 1260. The number of hydrogen-bond acceptors (Lipinski definition) is 14. The van der Waals surface area contributed by atoms with Crippen LogP contribution in [0.3, 0.4) is 0 Å². The smallest absolute Gasteiger partial charge is 0.316 e. The predicted octanol–water partition coefficient (Wildman–Crippen LogP) is -7.82. The van der Waals surface area contributed by atoms with Gasteiger partial charge in [0, 0.05) is 31.6 Å². The SMILES string of the molecule is CCC[C@H](N)CC(=O)N[C@@H]1CNC(=O)/C(=C\NC(N)=O)NC(=O)[C@H](CO)NC(=O)[C@H](CO)NC(=O)[C@H]([C@H]2C[C@@H](O)N=C(N)N2)NC1=O. The number of amides is 8. The minimum absolute atomic E-state index is 0.210. The molecule has 0 bridgehead atoms. The third kappa shape index (κ3) is 12.0. The van der Waals surface area contributed by atoms with E-state index in [0.29, 0.717) is 19.0 Å². The minimum Gasteiger partial charge on any atom is -0.394 e. The van der Waals surface area contributed by atoms with E-state index in [4.69, 9.17) is 17.2 Å². The molecule has 0 aliphatic carbocycles. The van der Waals surface area contributed by atoms with Gasteiger partial charge >= 0.3 is 6.03 Å². The summed E-state index contributed by atoms with van der Waals surface area (Å²) in [6.45, 7) is -0.833. The predicted molar refractivity (Wildman–Crippen MR) is 161 cm³/mol. The standard InChI is InChI=1S/C25H42N12O10/c1-2-3-10(26)4-16(40)31-13-6-29-19(42)12(7-30-25(28)47)32-21(44)14(8-38)33-22(45)15(9-39)34-23(46)18(37-20(13)43)11-5-17(41)36-24(27)35-11/h7,10-11,13-15,17-18,38-39,41H,2-6,8-9,26H2,1H3,(H,29,42)(H,31,40)(H,32,44)(H,33,45)(H,34,46)(H,37,43)(H3,27,35,36)(H3,28,30,47)/b12-7+/t10-,11+,13+,14-,15-,17+,18-/m0/s1. The second kappa shape index (κ2) is 18.2. The fraction of sp³-hybridized carbons (Fsp3) is 0.600. The van der Waals surface area contributed by atoms with E-state index in [1.54, 1.807) is 0 Å². The number of rotatable bonds is 9. The fourth-order valence-corrected chi connectivity index (χ4v) is 4.46. The van der Waals surface area contributed by atoms with E-state index in [1.165, 1.54) is 0 Å². The van der Waals surface area contributed by atoms with Gasteiger partial charge < -0.3 is 75.1 Å². The number of nitrogens with two attached hydrogens (primary N) is 3. The van der Waals surface area contributed by atoms with Crippen molar-refractivity contribution in [2.24, 2.45) is 22.2 Å². The van der Waals surface area contributed by atoms with Crippen LogP contribution in [0.2, 0.25) is 0 Å². The molecule has 262 valence electrons. The second-order valence-electron chi connectivity index (χ2n) is 10.6. The third-order valence-corrected chi connectivity index (χ3v) is 6.79. The average molecular weight is 671 g/mol. The van der Waals surface area contributed by atoms with Crippen molar-refractivity contribution < 1.29 is 48.9 Å². The Hall–Kier alpha value is -5.06. The summed E-state index contributed by atoms with van der Waals surface area (Å²) < 4.78 is 0. The first kappa shape index (κ1) is 38.1. The Morgan fingerprint density at radius 1 is 1.00 bits per heavy atom. The van der Waals surface area contributed by atoms with Gasteiger partial charge in [0.05, 0.1) is 19.3 Å². The van der Waals surface area contributed by atoms with Crippen LogP contribution in [0.1, 0.15) is 32.6 Å². The Morgan fingerprint density at radius 3 is 2.23 bits per heavy atom. The molecule has 0 aromatic carbocycles. The van der Waals surface area contributed by atoms with Crippen LogP contribution in [-0.4, -0.2) is 125 Å². The van der Waals surface area contributed by atoms with E-state index >= 15 is 0 Å². The molecule has 22 heteroatoms. The van der Waals surface area contributed by atoms with Gasteiger partial charge in [-0.2, -0.15) is 0 Å². The molecular formula is C25H42N12O10. The van der Waals surface area contributed by atoms with Crippen molar-refractivity contribution in [3.05, 3.63) is 11.9 Å². The molecule has 17 N–H and O–H groups in total. The number of nitrogens with one attached hydrogen (secondary N) is 8. The monoisotopic (exact) mass is 670 g/mol. The van der Waals surface area contributed by atoms with E-state index in [-0.39, 0.29) is 18.8 Å². The molecule has 1 fully saturated rings. The molecule has 0 aromatic heterocycles. The number of guanidine groups is 1. The highest BCUT2D eigenvalue weighted by atomic mass is 16.3. The number of carbonyl (C=O) groups excluding carboxylic acids is 7. The van der Waals surface area contributed by atoms with Crippen molar-refractivity contribution in [1.82, 2.24) is 42.5 Å². The Labute approximate surface area is 268 Å². The first-order valence-corrected chi connectivity index (χ1v) is 14.5. The number of aliphatic imine (C=N–C) groups is 1. The lowest BCUT2D eigenvalue weighted by atomic mass is 10.0. The van der Waals surface area contributed by atoms with Crippen LogP contribution in [0.5, 0.6) is 0 Å². The Kier molecular flexibility index (Phi) is 14.7. The van der Waals surface area contributed by atoms with Gasteiger partial charge in [0.2, 0.25) is 29.5 Å². The van der Waals surface area contributed by atoms with Crippen molar-refractivity contribution in [3.8, 4) is 0 Å². The van der Waals surface area contributed by atoms with Crippen LogP contribution in [0.4, 0.5) is 4.79 Å². The highest BCUT2D eigenvalue weighted by Gasteiger charge is 2.38. The van der Waals surface area contributed by atoms with Gasteiger partial charge in [-0.05, 0) is 6.42 Å². The largest absolute Gasteiger partial charge is 0.394 e. The first-order chi connectivity index (χ1) is 22.2. The van der Waals surface area contributed by atoms with E-state index in [0.717, 1.165) is 0 Å². The maximum absolute atomic E-state index is 13.6. The number of primary amides is 1. The van der Waals surface area contributed by atoms with Gasteiger partial charge in [-0.15, -0.1) is 0 Å². The molecule has 47 heavy (non-hydrogen) atoms. The molecule has 22 nitrogen and oxygen atoms in total. The summed E-state index contributed by atoms with van der Waals surface area (Å²) >= 11 is 0. The summed E-state index contributed by atoms with van der Waals surface area (Å²) in [7, 11) is 0. The number of nitrogens with zero attached hydrogens (tertiary/aromatic N) is 1. The normalized spacial score (nSPS) is 27.9. The molecule has 0 aromatic rings. The number of aliphatic hydroxyl groups is 3. The molecule has 2 aliphatic heterocycles. The lowest BCUT2D eigenvalue weighted by molar-refractivity contribution is -0.136. The van der Waals surface area contributed by atoms with Gasteiger partial charge in [-0.1, -0.05) is 13.3 Å². The molecule has 2 heterocycles. The molecule has 2 aliphatic rings. The summed E-state index contributed by atoms with van der Waals surface area (Å²) in [5.41, 5.74) is 16.1. The quantitative estimate of drug-likeness (QED) is 0.101. The average Bonchev–Trinajstić information content (AvgIpc) is 2.99. The summed E-state index contributed by atoms with van der Waals surface area (Å²) in [5.74, 6) is -6.57. The number of carbonyl (C=O) groups is 7. The van der Waals surface area contributed by atoms with Crippen LogP contribution in [0.15, 0.2) is 16.9 Å². The maximum Gasteiger partial charge on any atom is 0.316 e. The zero-order chi connectivity index (χ0) is 35.3. The third-order valence-electron chi connectivity index (χ3n) is 6.79. The highest BCUT2D eigenvalue weighted by molar-refractivity contribution is 6.01. The van der Waals surface area contributed by atoms with Crippen molar-refractivity contribution in [1.29, 1.82) is 0 Å². The van der Waals surface area contributed by atoms with Crippen LogP contribution in [-0.2, 0) is 28.8 Å². The van der Waals surface area contributed by atoms with Crippen LogP contribution in [0.25, 0.3) is 0 Å². The maximum atomic E-state index is 13.6. The van der Waals surface area contributed by atoms with E-state index < -0.39 is 109 Å². The summed E-state index contributed by atoms with van der Waals surface area (Å²) in [6, 6.07) is -9.58. The van der Waals surface area contributed by atoms with E-state index in [9.17, 15) is 48.9 Å². The molecule has 0 unspecified atom stereocenters. The number of urea groups is 1. The van der Waals surface area contributed by atoms with Crippen molar-refractivity contribution in [2.75, 3.05) is 19.8 Å². The van der Waals surface area contributed by atoms with Crippen molar-refractivity contribution in [2.45, 2.75) is 75.1 Å². The van der Waals surface area contributed by atoms with Gasteiger partial charge in [0.1, 0.15) is 29.9 Å². The fourth-order valence-electron chi connectivity index (χ4n) is 4.46. The van der Waals surface area contributed by atoms with Crippen LogP contribution >= 0.6 is 0 Å². The summed E-state index contributed by atoms with van der Waals surface area (Å²) in [6.07, 6.45) is -0.0355. The lowest BCUT2D eigenvalue weighted by Gasteiger charge is -2.34. The van der Waals surface area contributed by atoms with Crippen LogP contribution < -0.4 is 59.7 Å². The van der Waals surface area contributed by atoms with Gasteiger partial charge in [-0.25, -0.2) is 9.79 Å². The first-order valence-electron chi connectivity index (χ1n) is 14.5. The van der Waals surface area contributed by atoms with Crippen LogP contribution in [0, 0.1) is 0 Å². The minimum atomic E-state index is -1.75. The molecule has 0 saturated carbocycles. The lowest BCUT2D eigenvalue weighted by Crippen LogP contribution is -2.66. The molecule has 0 spiro atoms. The molecule has 0 radical (unpaired) electrons. The second-order valence-corrected chi connectivity index (χ2v) is 10.6. The van der Waals surface area contributed by atoms with Gasteiger partial charge in [0.15, 0.2) is 12.2 Å². The molecule has 8 amide bonds. The van der Waals surface area contributed by atoms with Crippen molar-refractivity contribution >= 4 is 47.4 Å². The number of hydrogen-bond donors (Lipinski definition) is 14. The Balaban J connectivity index is 2.57. The van der Waals surface area contributed by atoms with E-state index in [1.807, 2.05) is 12.2 Å². The van der Waals surface area contributed by atoms with Crippen molar-refractivity contribution in [3.63, 3.8) is 0 Å². The van der Waals surface area contributed by atoms with E-state index in [2.05, 4.69) is 42.2 Å². The summed E-state index contributed by atoms with van der Waals surface area (Å²) in [4.78, 5) is 93.8. The summed E-state index contributed by atoms with van der Waals surface area (Å²) in [5, 5.41) is 48.0. The molecule has 7 atom stereocenters. The van der Waals surface area contributed by atoms with Gasteiger partial charge in [-0.3, -0.25) is 28.8 Å². The highest BCUT2D eigenvalue weighted by Crippen LogP contribution is 2.11. The zero-order valence-electron chi connectivity index (χ0n) is 25.4. The zero-order valence-corrected chi connectivity index (χ0v) is 25.4. The molecular weight excluding hydrogens is 628 g/mol. The Morgan fingerprint density at radius 2 is 1.64 bits per heavy atom.